The number of aromatic nitrogens is 4. The number of aliphatic hydroxyl groups is 1. The summed E-state index contributed by atoms with van der Waals surface area (Å²) in [5.74, 6) is 1.52. The Kier molecular flexibility index (Phi) is 3.54. The van der Waals surface area contributed by atoms with Crippen LogP contribution in [0.15, 0.2) is 6.20 Å². The average Bonchev–Trinajstić information content (AvgIpc) is 3.15. The minimum atomic E-state index is 0.118. The van der Waals surface area contributed by atoms with Gasteiger partial charge in [0.05, 0.1) is 25.0 Å². The molecule has 2 aliphatic heterocycles. The zero-order valence-corrected chi connectivity index (χ0v) is 13.5. The van der Waals surface area contributed by atoms with E-state index in [0.29, 0.717) is 6.54 Å². The van der Waals surface area contributed by atoms with Crippen molar-refractivity contribution in [3.8, 4) is 5.88 Å². The lowest BCUT2D eigenvalue weighted by molar-refractivity contribution is 0.144. The van der Waals surface area contributed by atoms with Crippen LogP contribution in [0.5, 0.6) is 5.88 Å². The second-order valence-electron chi connectivity index (χ2n) is 6.32. The molecule has 7 nitrogen and oxygen atoms in total. The first-order valence-electron chi connectivity index (χ1n) is 8.01. The summed E-state index contributed by atoms with van der Waals surface area (Å²) in [6, 6.07) is 0. The van der Waals surface area contributed by atoms with Gasteiger partial charge in [-0.2, -0.15) is 10.1 Å². The molecule has 2 aliphatic rings. The van der Waals surface area contributed by atoms with Crippen LogP contribution < -0.4 is 4.74 Å². The number of aryl methyl sites for hydroxylation is 2. The van der Waals surface area contributed by atoms with E-state index in [1.807, 2.05) is 24.7 Å². The van der Waals surface area contributed by atoms with E-state index in [1.165, 1.54) is 11.3 Å². The third-order valence-electron chi connectivity index (χ3n) is 4.57. The summed E-state index contributed by atoms with van der Waals surface area (Å²) in [6.45, 7) is 7.20. The Morgan fingerprint density at radius 2 is 2.17 bits per heavy atom. The van der Waals surface area contributed by atoms with Crippen molar-refractivity contribution in [1.29, 1.82) is 0 Å². The lowest BCUT2D eigenvalue weighted by Gasteiger charge is -2.19. The van der Waals surface area contributed by atoms with Crippen LogP contribution in [0.4, 0.5) is 0 Å². The highest BCUT2D eigenvalue weighted by atomic mass is 16.5. The number of aliphatic hydroxyl groups excluding tert-OH is 1. The summed E-state index contributed by atoms with van der Waals surface area (Å²) in [5, 5.41) is 13.4. The van der Waals surface area contributed by atoms with Crippen molar-refractivity contribution in [2.24, 2.45) is 0 Å². The minimum Gasteiger partial charge on any atom is -0.472 e. The van der Waals surface area contributed by atoms with Crippen LogP contribution >= 0.6 is 0 Å². The summed E-state index contributed by atoms with van der Waals surface area (Å²) < 4.78 is 7.93. The van der Waals surface area contributed by atoms with Gasteiger partial charge in [-0.05, 0) is 13.8 Å². The molecular formula is C16H21N5O2. The van der Waals surface area contributed by atoms with Gasteiger partial charge in [-0.15, -0.1) is 0 Å². The Morgan fingerprint density at radius 3 is 3.00 bits per heavy atom. The molecule has 4 rings (SSSR count). The van der Waals surface area contributed by atoms with Gasteiger partial charge in [0.1, 0.15) is 11.9 Å². The molecule has 0 radical (unpaired) electrons. The number of rotatable bonds is 4. The highest BCUT2D eigenvalue weighted by Gasteiger charge is 2.31. The Bertz CT molecular complexity index is 742. The van der Waals surface area contributed by atoms with E-state index in [2.05, 4.69) is 20.0 Å². The maximum absolute atomic E-state index is 9.11. The van der Waals surface area contributed by atoms with Gasteiger partial charge in [0, 0.05) is 42.9 Å². The van der Waals surface area contributed by atoms with Gasteiger partial charge >= 0.3 is 0 Å². The lowest BCUT2D eigenvalue weighted by Crippen LogP contribution is -2.31. The van der Waals surface area contributed by atoms with Gasteiger partial charge in [-0.25, -0.2) is 4.98 Å². The van der Waals surface area contributed by atoms with Crippen LogP contribution in [-0.4, -0.2) is 49.0 Å². The average molecular weight is 315 g/mol. The second kappa shape index (κ2) is 5.58. The summed E-state index contributed by atoms with van der Waals surface area (Å²) >= 11 is 0. The molecule has 0 aliphatic carbocycles. The van der Waals surface area contributed by atoms with Crippen LogP contribution in [0.3, 0.4) is 0 Å². The molecule has 0 aromatic carbocycles. The molecule has 0 saturated carbocycles. The molecule has 4 heterocycles. The van der Waals surface area contributed by atoms with E-state index in [1.54, 1.807) is 0 Å². The standard InChI is InChI=1S/C16H21N5O2/c1-10-14-5-13(23-16(14)19-11(2)18-10)8-20-7-12-6-17-21(3-4-22)15(12)9-20/h6,13,22H,3-5,7-9H2,1-2H3. The summed E-state index contributed by atoms with van der Waals surface area (Å²) in [7, 11) is 0. The first kappa shape index (κ1) is 14.6. The van der Waals surface area contributed by atoms with E-state index in [9.17, 15) is 0 Å². The smallest absolute Gasteiger partial charge is 0.220 e. The fraction of sp³-hybridized carbons (Fsp3) is 0.562. The predicted octanol–water partition coefficient (Wildman–Crippen LogP) is 0.602. The van der Waals surface area contributed by atoms with Gasteiger partial charge in [-0.1, -0.05) is 0 Å². The van der Waals surface area contributed by atoms with E-state index in [4.69, 9.17) is 9.84 Å². The number of hydrogen-bond acceptors (Lipinski definition) is 6. The van der Waals surface area contributed by atoms with Crippen molar-refractivity contribution >= 4 is 0 Å². The van der Waals surface area contributed by atoms with Crippen molar-refractivity contribution in [2.45, 2.75) is 46.0 Å². The van der Waals surface area contributed by atoms with Gasteiger partial charge < -0.3 is 9.84 Å². The van der Waals surface area contributed by atoms with E-state index in [-0.39, 0.29) is 12.7 Å². The molecule has 1 N–H and O–H groups in total. The predicted molar refractivity (Wildman–Crippen MR) is 83.1 cm³/mol. The summed E-state index contributed by atoms with van der Waals surface area (Å²) in [5.41, 5.74) is 4.63. The number of ether oxygens (including phenoxy) is 1. The molecule has 2 aromatic rings. The maximum Gasteiger partial charge on any atom is 0.220 e. The second-order valence-corrected chi connectivity index (χ2v) is 6.32. The number of fused-ring (bicyclic) bond motifs is 2. The van der Waals surface area contributed by atoms with Crippen LogP contribution in [0.1, 0.15) is 28.3 Å². The molecule has 0 spiro atoms. The van der Waals surface area contributed by atoms with Crippen molar-refractivity contribution in [3.05, 3.63) is 34.5 Å². The topological polar surface area (TPSA) is 76.3 Å². The van der Waals surface area contributed by atoms with Gasteiger partial charge in [0.2, 0.25) is 5.88 Å². The number of nitrogens with zero attached hydrogens (tertiary/aromatic N) is 5. The van der Waals surface area contributed by atoms with Crippen molar-refractivity contribution in [1.82, 2.24) is 24.6 Å². The fourth-order valence-electron chi connectivity index (χ4n) is 3.54. The summed E-state index contributed by atoms with van der Waals surface area (Å²) in [4.78, 5) is 11.2. The first-order chi connectivity index (χ1) is 11.1. The van der Waals surface area contributed by atoms with Crippen molar-refractivity contribution < 1.29 is 9.84 Å². The molecule has 0 bridgehead atoms. The molecule has 2 aromatic heterocycles. The molecular weight excluding hydrogens is 294 g/mol. The molecule has 0 fully saturated rings. The van der Waals surface area contributed by atoms with Crippen LogP contribution in [0.25, 0.3) is 0 Å². The van der Waals surface area contributed by atoms with Crippen molar-refractivity contribution in [3.63, 3.8) is 0 Å². The van der Waals surface area contributed by atoms with Crippen molar-refractivity contribution in [2.75, 3.05) is 13.2 Å². The normalized spacial score (nSPS) is 19.7. The van der Waals surface area contributed by atoms with Crippen LogP contribution in [-0.2, 0) is 26.1 Å². The Hall–Kier alpha value is -1.99. The van der Waals surface area contributed by atoms with Gasteiger partial charge in [0.25, 0.3) is 0 Å². The largest absolute Gasteiger partial charge is 0.472 e. The Labute approximate surface area is 134 Å². The highest BCUT2D eigenvalue weighted by Crippen LogP contribution is 2.30. The molecule has 7 heteroatoms. The van der Waals surface area contributed by atoms with E-state index < -0.39 is 0 Å². The monoisotopic (exact) mass is 315 g/mol. The maximum atomic E-state index is 9.11. The zero-order chi connectivity index (χ0) is 16.0. The lowest BCUT2D eigenvalue weighted by atomic mass is 10.1. The molecule has 1 unspecified atom stereocenters. The molecule has 0 amide bonds. The molecule has 1 atom stereocenters. The highest BCUT2D eigenvalue weighted by molar-refractivity contribution is 5.35. The van der Waals surface area contributed by atoms with Gasteiger partial charge in [0.15, 0.2) is 0 Å². The van der Waals surface area contributed by atoms with Crippen LogP contribution in [0, 0.1) is 13.8 Å². The number of hydrogen-bond donors (Lipinski definition) is 1. The Morgan fingerprint density at radius 1 is 1.30 bits per heavy atom. The third kappa shape index (κ3) is 2.60. The molecule has 122 valence electrons. The van der Waals surface area contributed by atoms with Gasteiger partial charge in [-0.3, -0.25) is 9.58 Å². The molecule has 0 saturated heterocycles. The minimum absolute atomic E-state index is 0.118. The molecule has 23 heavy (non-hydrogen) atoms. The quantitative estimate of drug-likeness (QED) is 0.890. The fourth-order valence-corrected chi connectivity index (χ4v) is 3.54. The summed E-state index contributed by atoms with van der Waals surface area (Å²) in [6.07, 6.45) is 2.91. The Balaban J connectivity index is 1.42. The third-order valence-corrected chi connectivity index (χ3v) is 4.57. The SMILES string of the molecule is Cc1nc(C)c2c(n1)OC(CN1Cc3cnn(CCO)c3C1)C2. The van der Waals surface area contributed by atoms with Crippen LogP contribution in [0.2, 0.25) is 0 Å². The first-order valence-corrected chi connectivity index (χ1v) is 8.01. The van der Waals surface area contributed by atoms with E-state index in [0.717, 1.165) is 49.0 Å². The van der Waals surface area contributed by atoms with E-state index >= 15 is 0 Å². The zero-order valence-electron chi connectivity index (χ0n) is 13.5.